The molecule has 0 aliphatic carbocycles. The van der Waals surface area contributed by atoms with Gasteiger partial charge in [0.05, 0.1) is 17.3 Å². The van der Waals surface area contributed by atoms with E-state index in [9.17, 15) is 23.2 Å². The van der Waals surface area contributed by atoms with Crippen LogP contribution >= 0.6 is 0 Å². The topological polar surface area (TPSA) is 71.3 Å². The lowest BCUT2D eigenvalue weighted by Gasteiger charge is -2.32. The number of amides is 1. The predicted octanol–water partition coefficient (Wildman–Crippen LogP) is 4.92. The van der Waals surface area contributed by atoms with Crippen molar-refractivity contribution in [2.75, 3.05) is 5.32 Å². The summed E-state index contributed by atoms with van der Waals surface area (Å²) in [7, 11) is 0. The lowest BCUT2D eigenvalue weighted by molar-refractivity contribution is -0.274. The van der Waals surface area contributed by atoms with Gasteiger partial charge >= 0.3 is 12.5 Å². The summed E-state index contributed by atoms with van der Waals surface area (Å²) in [5, 5.41) is 11.9. The zero-order valence-corrected chi connectivity index (χ0v) is 13.8. The van der Waals surface area contributed by atoms with E-state index in [2.05, 4.69) is 10.1 Å². The van der Waals surface area contributed by atoms with Crippen molar-refractivity contribution in [3.8, 4) is 22.9 Å². The molecule has 0 aromatic heterocycles. The van der Waals surface area contributed by atoms with Crippen molar-refractivity contribution in [1.29, 1.82) is 5.26 Å². The van der Waals surface area contributed by atoms with Gasteiger partial charge in [-0.15, -0.1) is 13.2 Å². The first-order chi connectivity index (χ1) is 12.1. The first-order valence-electron chi connectivity index (χ1n) is 7.54. The molecular weight excluding hydrogens is 349 g/mol. The number of nitriles is 1. The molecule has 3 rings (SSSR count). The van der Waals surface area contributed by atoms with Crippen LogP contribution in [0.5, 0.6) is 5.75 Å². The number of rotatable bonds is 2. The fourth-order valence-corrected chi connectivity index (χ4v) is 2.81. The van der Waals surface area contributed by atoms with E-state index in [4.69, 9.17) is 4.74 Å². The SMILES string of the molecule is CC1(C)OC(=O)Nc2ccc(-c3ccc(OC(F)(F)F)cc3C#N)cc21. The first-order valence-corrected chi connectivity index (χ1v) is 7.54. The maximum atomic E-state index is 12.4. The molecule has 2 aromatic carbocycles. The minimum Gasteiger partial charge on any atom is -0.438 e. The number of carbonyl (C=O) groups is 1. The number of anilines is 1. The van der Waals surface area contributed by atoms with Crippen molar-refractivity contribution in [3.05, 3.63) is 47.5 Å². The lowest BCUT2D eigenvalue weighted by Crippen LogP contribution is -2.34. The van der Waals surface area contributed by atoms with Gasteiger partial charge in [-0.05, 0) is 55.3 Å². The van der Waals surface area contributed by atoms with Gasteiger partial charge in [0, 0.05) is 5.56 Å². The number of carbonyl (C=O) groups excluding carboxylic acids is 1. The highest BCUT2D eigenvalue weighted by molar-refractivity contribution is 5.90. The summed E-state index contributed by atoms with van der Waals surface area (Å²) in [6, 6.07) is 10.5. The van der Waals surface area contributed by atoms with Crippen LogP contribution in [0.25, 0.3) is 11.1 Å². The molecule has 5 nitrogen and oxygen atoms in total. The molecule has 0 radical (unpaired) electrons. The quantitative estimate of drug-likeness (QED) is 0.823. The van der Waals surface area contributed by atoms with Gasteiger partial charge in [-0.1, -0.05) is 6.07 Å². The number of ether oxygens (including phenoxy) is 2. The number of nitrogens with one attached hydrogen (secondary N) is 1. The molecular formula is C18H13F3N2O3. The van der Waals surface area contributed by atoms with E-state index < -0.39 is 23.8 Å². The van der Waals surface area contributed by atoms with Crippen LogP contribution in [-0.4, -0.2) is 12.5 Å². The average molecular weight is 362 g/mol. The van der Waals surface area contributed by atoms with Crippen molar-refractivity contribution in [2.45, 2.75) is 25.8 Å². The second kappa shape index (κ2) is 5.95. The van der Waals surface area contributed by atoms with Gasteiger partial charge in [0.1, 0.15) is 11.4 Å². The molecule has 2 aromatic rings. The van der Waals surface area contributed by atoms with E-state index >= 15 is 0 Å². The summed E-state index contributed by atoms with van der Waals surface area (Å²) in [4.78, 5) is 11.6. The largest absolute Gasteiger partial charge is 0.573 e. The molecule has 26 heavy (non-hydrogen) atoms. The zero-order chi connectivity index (χ0) is 19.1. The summed E-state index contributed by atoms with van der Waals surface area (Å²) in [5.41, 5.74) is 1.45. The lowest BCUT2D eigenvalue weighted by atomic mass is 9.90. The molecule has 0 saturated carbocycles. The van der Waals surface area contributed by atoms with Crippen molar-refractivity contribution in [2.24, 2.45) is 0 Å². The van der Waals surface area contributed by atoms with Gasteiger partial charge in [0.2, 0.25) is 0 Å². The van der Waals surface area contributed by atoms with Crippen molar-refractivity contribution < 1.29 is 27.4 Å². The Hall–Kier alpha value is -3.21. The van der Waals surface area contributed by atoms with Crippen LogP contribution in [0.2, 0.25) is 0 Å². The van der Waals surface area contributed by atoms with Crippen LogP contribution in [0.1, 0.15) is 25.0 Å². The Labute approximate surface area is 146 Å². The van der Waals surface area contributed by atoms with E-state index in [1.165, 1.54) is 6.07 Å². The predicted molar refractivity (Wildman–Crippen MR) is 86.4 cm³/mol. The number of halogens is 3. The van der Waals surface area contributed by atoms with Crippen molar-refractivity contribution in [1.82, 2.24) is 0 Å². The van der Waals surface area contributed by atoms with E-state index in [0.29, 0.717) is 22.4 Å². The minimum atomic E-state index is -4.83. The third kappa shape index (κ3) is 3.42. The number of benzene rings is 2. The van der Waals surface area contributed by atoms with Gasteiger partial charge in [0.15, 0.2) is 0 Å². The molecule has 8 heteroatoms. The summed E-state index contributed by atoms with van der Waals surface area (Å²) in [6.45, 7) is 3.44. The van der Waals surface area contributed by atoms with Crippen LogP contribution in [0.15, 0.2) is 36.4 Å². The summed E-state index contributed by atoms with van der Waals surface area (Å²) < 4.78 is 46.2. The number of alkyl halides is 3. The third-order valence-corrected chi connectivity index (χ3v) is 3.91. The van der Waals surface area contributed by atoms with Gasteiger partial charge in [-0.25, -0.2) is 4.79 Å². The Bertz CT molecular complexity index is 930. The highest BCUT2D eigenvalue weighted by atomic mass is 19.4. The third-order valence-electron chi connectivity index (χ3n) is 3.91. The molecule has 1 N–H and O–H groups in total. The highest BCUT2D eigenvalue weighted by Gasteiger charge is 2.34. The van der Waals surface area contributed by atoms with E-state index in [1.807, 2.05) is 6.07 Å². The molecule has 0 unspecified atom stereocenters. The zero-order valence-electron chi connectivity index (χ0n) is 13.8. The van der Waals surface area contributed by atoms with Crippen LogP contribution < -0.4 is 10.1 Å². The second-order valence-electron chi connectivity index (χ2n) is 6.15. The Morgan fingerprint density at radius 1 is 1.19 bits per heavy atom. The smallest absolute Gasteiger partial charge is 0.438 e. The van der Waals surface area contributed by atoms with E-state index in [-0.39, 0.29) is 5.56 Å². The highest BCUT2D eigenvalue weighted by Crippen LogP contribution is 2.39. The second-order valence-corrected chi connectivity index (χ2v) is 6.15. The van der Waals surface area contributed by atoms with Gasteiger partial charge in [-0.3, -0.25) is 5.32 Å². The number of fused-ring (bicyclic) bond motifs is 1. The minimum absolute atomic E-state index is 0.0327. The van der Waals surface area contributed by atoms with Crippen LogP contribution in [0.4, 0.5) is 23.7 Å². The Morgan fingerprint density at radius 2 is 1.92 bits per heavy atom. The summed E-state index contributed by atoms with van der Waals surface area (Å²) in [5.74, 6) is -0.466. The number of hydrogen-bond donors (Lipinski definition) is 1. The fourth-order valence-electron chi connectivity index (χ4n) is 2.81. The van der Waals surface area contributed by atoms with Crippen molar-refractivity contribution in [3.63, 3.8) is 0 Å². The maximum Gasteiger partial charge on any atom is 0.573 e. The molecule has 0 atom stereocenters. The summed E-state index contributed by atoms with van der Waals surface area (Å²) in [6.07, 6.45) is -5.40. The molecule has 1 amide bonds. The molecule has 134 valence electrons. The molecule has 0 bridgehead atoms. The van der Waals surface area contributed by atoms with Crippen LogP contribution in [-0.2, 0) is 10.3 Å². The van der Waals surface area contributed by atoms with Crippen LogP contribution in [0, 0.1) is 11.3 Å². The molecule has 1 aliphatic rings. The molecule has 0 fully saturated rings. The first kappa shape index (κ1) is 17.6. The Kier molecular flexibility index (Phi) is 4.03. The van der Waals surface area contributed by atoms with Crippen molar-refractivity contribution >= 4 is 11.8 Å². The molecule has 1 heterocycles. The fraction of sp³-hybridized carbons (Fsp3) is 0.222. The average Bonchev–Trinajstić information content (AvgIpc) is 2.52. The van der Waals surface area contributed by atoms with Gasteiger partial charge in [0.25, 0.3) is 0 Å². The number of hydrogen-bond acceptors (Lipinski definition) is 4. The normalized spacial score (nSPS) is 15.3. The Balaban J connectivity index is 2.05. The Morgan fingerprint density at radius 3 is 2.58 bits per heavy atom. The molecule has 1 aliphatic heterocycles. The van der Waals surface area contributed by atoms with E-state index in [1.54, 1.807) is 32.0 Å². The molecule has 0 saturated heterocycles. The maximum absolute atomic E-state index is 12.4. The standard InChI is InChI=1S/C18H13F3N2O3/c1-17(2)14-8-10(3-6-15(14)23-16(24)26-17)13-5-4-12(7-11(13)9-22)25-18(19,20)21/h3-8H,1-2H3,(H,23,24). The van der Waals surface area contributed by atoms with Gasteiger partial charge in [-0.2, -0.15) is 5.26 Å². The van der Waals surface area contributed by atoms with E-state index in [0.717, 1.165) is 12.1 Å². The molecule has 0 spiro atoms. The van der Waals surface area contributed by atoms with Crippen LogP contribution in [0.3, 0.4) is 0 Å². The number of nitrogens with zero attached hydrogens (tertiary/aromatic N) is 1. The number of cyclic esters (lactones) is 1. The monoisotopic (exact) mass is 362 g/mol. The van der Waals surface area contributed by atoms with Gasteiger partial charge < -0.3 is 9.47 Å². The summed E-state index contributed by atoms with van der Waals surface area (Å²) >= 11 is 0.